The number of nitrogens with zero attached hydrogens (tertiary/aromatic N) is 3. The van der Waals surface area contributed by atoms with E-state index in [9.17, 15) is 4.91 Å². The zero-order chi connectivity index (χ0) is 12.8. The summed E-state index contributed by atoms with van der Waals surface area (Å²) in [5.41, 5.74) is 0. The van der Waals surface area contributed by atoms with Crippen LogP contribution in [0.15, 0.2) is 29.6 Å². The van der Waals surface area contributed by atoms with Gasteiger partial charge in [-0.25, -0.2) is 0 Å². The van der Waals surface area contributed by atoms with E-state index >= 15 is 0 Å². The van der Waals surface area contributed by atoms with Gasteiger partial charge in [-0.05, 0) is 18.0 Å². The molecule has 0 spiro atoms. The minimum absolute atomic E-state index is 0.359. The Morgan fingerprint density at radius 1 is 1.33 bits per heavy atom. The Balaban J connectivity index is 1.83. The average Bonchev–Trinajstić information content (AvgIpc) is 2.59. The summed E-state index contributed by atoms with van der Waals surface area (Å²) < 4.78 is 5.94. The highest BCUT2D eigenvalue weighted by Gasteiger charge is 2.19. The second-order valence-electron chi connectivity index (χ2n) is 4.88. The summed E-state index contributed by atoms with van der Waals surface area (Å²) in [4.78, 5) is 14.1. The van der Waals surface area contributed by atoms with E-state index in [0.717, 1.165) is 18.7 Å². The lowest BCUT2D eigenvalue weighted by atomic mass is 10.2. The molecule has 0 radical (unpaired) electrons. The molecule has 0 aromatic carbocycles. The first kappa shape index (κ1) is 13.1. The topological polar surface area (TPSA) is 45.1 Å². The Labute approximate surface area is 108 Å². The Morgan fingerprint density at radius 3 is 2.72 bits per heavy atom. The monoisotopic (exact) mass is 251 g/mol. The van der Waals surface area contributed by atoms with Gasteiger partial charge in [0, 0.05) is 19.4 Å². The minimum Gasteiger partial charge on any atom is -0.358 e. The van der Waals surface area contributed by atoms with Crippen molar-refractivity contribution in [3.63, 3.8) is 0 Å². The van der Waals surface area contributed by atoms with Gasteiger partial charge < -0.3 is 14.5 Å². The summed E-state index contributed by atoms with van der Waals surface area (Å²) in [6.45, 7) is 0.493. The minimum atomic E-state index is 0.359. The van der Waals surface area contributed by atoms with Crippen LogP contribution in [0.25, 0.3) is 0 Å². The normalized spacial score (nSPS) is 23.7. The first-order valence-corrected chi connectivity index (χ1v) is 6.63. The van der Waals surface area contributed by atoms with Gasteiger partial charge in [0.25, 0.3) is 0 Å². The molecule has 2 aliphatic rings. The van der Waals surface area contributed by atoms with E-state index in [1.54, 1.807) is 0 Å². The molecule has 5 heteroatoms. The second kappa shape index (κ2) is 6.54. The van der Waals surface area contributed by atoms with Gasteiger partial charge in [0.15, 0.2) is 0 Å². The molecule has 1 aliphatic heterocycles. The maximum atomic E-state index is 10.4. The van der Waals surface area contributed by atoms with E-state index in [-0.39, 0.29) is 0 Å². The third kappa shape index (κ3) is 3.32. The van der Waals surface area contributed by atoms with Gasteiger partial charge in [0.2, 0.25) is 0 Å². The third-order valence-electron chi connectivity index (χ3n) is 3.55. The van der Waals surface area contributed by atoms with Crippen molar-refractivity contribution in [2.75, 3.05) is 13.8 Å². The summed E-state index contributed by atoms with van der Waals surface area (Å²) in [6, 6.07) is 0. The standard InChI is InChI=1S/C13H21N3O2/c1-15-8-9-16(13(15)10-14-17)11-18-12-6-4-2-3-5-7-12/h8-10,12H,2-7,11H2,1H3/b13-10-. The van der Waals surface area contributed by atoms with Crippen molar-refractivity contribution in [1.82, 2.24) is 9.80 Å². The molecule has 18 heavy (non-hydrogen) atoms. The van der Waals surface area contributed by atoms with Gasteiger partial charge in [0.1, 0.15) is 18.8 Å². The van der Waals surface area contributed by atoms with Crippen molar-refractivity contribution >= 4 is 0 Å². The van der Waals surface area contributed by atoms with Crippen LogP contribution in [0.2, 0.25) is 0 Å². The fourth-order valence-corrected chi connectivity index (χ4v) is 2.45. The van der Waals surface area contributed by atoms with Crippen molar-refractivity contribution in [3.8, 4) is 0 Å². The number of hydrogen-bond acceptors (Lipinski definition) is 5. The van der Waals surface area contributed by atoms with E-state index < -0.39 is 0 Å². The molecular formula is C13H21N3O2. The van der Waals surface area contributed by atoms with Crippen LogP contribution in [0.1, 0.15) is 38.5 Å². The maximum Gasteiger partial charge on any atom is 0.136 e. The summed E-state index contributed by atoms with van der Waals surface area (Å²) in [5, 5.41) is 2.84. The molecule has 0 aromatic heterocycles. The van der Waals surface area contributed by atoms with Crippen LogP contribution >= 0.6 is 0 Å². The third-order valence-corrected chi connectivity index (χ3v) is 3.55. The van der Waals surface area contributed by atoms with Crippen molar-refractivity contribution < 1.29 is 4.74 Å². The number of ether oxygens (including phenoxy) is 1. The Hall–Kier alpha value is -1.36. The Bertz CT molecular complexity index is 333. The van der Waals surface area contributed by atoms with E-state index in [4.69, 9.17) is 4.74 Å². The quantitative estimate of drug-likeness (QED) is 0.569. The highest BCUT2D eigenvalue weighted by atomic mass is 16.5. The number of nitroso groups, excluding NO2 is 1. The first-order chi connectivity index (χ1) is 8.81. The van der Waals surface area contributed by atoms with E-state index in [2.05, 4.69) is 5.18 Å². The molecule has 0 saturated heterocycles. The summed E-state index contributed by atoms with van der Waals surface area (Å²) in [5.74, 6) is 0.763. The smallest absolute Gasteiger partial charge is 0.136 e. The molecule has 100 valence electrons. The average molecular weight is 251 g/mol. The maximum absolute atomic E-state index is 10.4. The van der Waals surface area contributed by atoms with Gasteiger partial charge in [-0.15, -0.1) is 4.91 Å². The SMILES string of the molecule is CN1C=CN(COC2CCCCCC2)/C1=C\N=O. The molecule has 2 rings (SSSR count). The molecule has 1 fully saturated rings. The van der Waals surface area contributed by atoms with Crippen LogP contribution in [0.3, 0.4) is 0 Å². The summed E-state index contributed by atoms with van der Waals surface area (Å²) in [6.07, 6.45) is 13.0. The fourth-order valence-electron chi connectivity index (χ4n) is 2.45. The van der Waals surface area contributed by atoms with Crippen LogP contribution in [-0.4, -0.2) is 29.7 Å². The molecule has 5 nitrogen and oxygen atoms in total. The lowest BCUT2D eigenvalue weighted by Gasteiger charge is -2.24. The largest absolute Gasteiger partial charge is 0.358 e. The van der Waals surface area contributed by atoms with Gasteiger partial charge >= 0.3 is 0 Å². The molecule has 1 heterocycles. The first-order valence-electron chi connectivity index (χ1n) is 6.63. The number of rotatable bonds is 4. The summed E-state index contributed by atoms with van der Waals surface area (Å²) >= 11 is 0. The van der Waals surface area contributed by atoms with Crippen LogP contribution in [0, 0.1) is 4.91 Å². The summed E-state index contributed by atoms with van der Waals surface area (Å²) in [7, 11) is 1.89. The van der Waals surface area contributed by atoms with Gasteiger partial charge in [-0.3, -0.25) is 0 Å². The molecule has 0 bridgehead atoms. The fraction of sp³-hybridized carbons (Fsp3) is 0.692. The molecule has 0 N–H and O–H groups in total. The van der Waals surface area contributed by atoms with Gasteiger partial charge in [-0.2, -0.15) is 0 Å². The molecule has 0 aromatic rings. The predicted molar refractivity (Wildman–Crippen MR) is 70.1 cm³/mol. The molecule has 0 atom stereocenters. The van der Waals surface area contributed by atoms with E-state index in [1.807, 2.05) is 29.2 Å². The zero-order valence-corrected chi connectivity index (χ0v) is 10.9. The Morgan fingerprint density at radius 2 is 2.06 bits per heavy atom. The molecule has 0 unspecified atom stereocenters. The van der Waals surface area contributed by atoms with Crippen molar-refractivity contribution in [2.45, 2.75) is 44.6 Å². The van der Waals surface area contributed by atoms with Crippen LogP contribution in [-0.2, 0) is 4.74 Å². The second-order valence-corrected chi connectivity index (χ2v) is 4.88. The van der Waals surface area contributed by atoms with Crippen LogP contribution < -0.4 is 0 Å². The predicted octanol–water partition coefficient (Wildman–Crippen LogP) is 2.97. The molecule has 1 aliphatic carbocycles. The van der Waals surface area contributed by atoms with Gasteiger partial charge in [0.05, 0.1) is 6.10 Å². The van der Waals surface area contributed by atoms with Crippen molar-refractivity contribution in [3.05, 3.63) is 29.3 Å². The number of hydrogen-bond donors (Lipinski definition) is 0. The van der Waals surface area contributed by atoms with Crippen LogP contribution in [0.5, 0.6) is 0 Å². The van der Waals surface area contributed by atoms with Gasteiger partial charge in [-0.1, -0.05) is 25.7 Å². The van der Waals surface area contributed by atoms with Crippen LogP contribution in [0.4, 0.5) is 0 Å². The van der Waals surface area contributed by atoms with Crippen molar-refractivity contribution in [2.24, 2.45) is 5.18 Å². The lowest BCUT2D eigenvalue weighted by Crippen LogP contribution is -2.26. The molecule has 1 saturated carbocycles. The molecular weight excluding hydrogens is 230 g/mol. The highest BCUT2D eigenvalue weighted by Crippen LogP contribution is 2.22. The van der Waals surface area contributed by atoms with E-state index in [1.165, 1.54) is 31.9 Å². The molecule has 0 amide bonds. The van der Waals surface area contributed by atoms with E-state index in [0.29, 0.717) is 12.8 Å². The Kier molecular flexibility index (Phi) is 4.75. The lowest BCUT2D eigenvalue weighted by molar-refractivity contribution is -0.00359. The highest BCUT2D eigenvalue weighted by molar-refractivity contribution is 5.12. The zero-order valence-electron chi connectivity index (χ0n) is 10.9. The van der Waals surface area contributed by atoms with Crippen molar-refractivity contribution in [1.29, 1.82) is 0 Å².